The molecule has 1 amide bonds. The van der Waals surface area contributed by atoms with Gasteiger partial charge in [0.2, 0.25) is 0 Å². The third kappa shape index (κ3) is 5.61. The monoisotopic (exact) mass is 398 g/mol. The highest BCUT2D eigenvalue weighted by Gasteiger charge is 2.18. The van der Waals surface area contributed by atoms with Crippen LogP contribution in [0.25, 0.3) is 11.1 Å². The summed E-state index contributed by atoms with van der Waals surface area (Å²) in [5.41, 5.74) is 8.95. The highest BCUT2D eigenvalue weighted by molar-refractivity contribution is 6.42. The molecule has 2 rings (SSSR count). The second-order valence-corrected chi connectivity index (χ2v) is 7.12. The van der Waals surface area contributed by atoms with Gasteiger partial charge >= 0.3 is 0 Å². The number of carbonyl (C=O) groups is 1. The summed E-state index contributed by atoms with van der Waals surface area (Å²) in [5.74, 6) is -0.226. The SMILES string of the molecule is CCC[C@H](N)C(=O)N(Cl)CCc1ccc(-c2ccc(Cl)c(Cl)c2)cc1. The summed E-state index contributed by atoms with van der Waals surface area (Å²) in [6.07, 6.45) is 2.16. The minimum Gasteiger partial charge on any atom is -0.320 e. The van der Waals surface area contributed by atoms with E-state index < -0.39 is 6.04 Å². The van der Waals surface area contributed by atoms with E-state index in [1.54, 1.807) is 6.07 Å². The van der Waals surface area contributed by atoms with Gasteiger partial charge in [0.1, 0.15) is 0 Å². The molecule has 0 aliphatic heterocycles. The van der Waals surface area contributed by atoms with Crippen LogP contribution >= 0.6 is 35.0 Å². The maximum absolute atomic E-state index is 12.0. The van der Waals surface area contributed by atoms with Crippen LogP contribution in [0.3, 0.4) is 0 Å². The molecule has 0 unspecified atom stereocenters. The summed E-state index contributed by atoms with van der Waals surface area (Å²) in [7, 11) is 0. The number of halogens is 3. The number of benzene rings is 2. The molecule has 0 saturated heterocycles. The summed E-state index contributed by atoms with van der Waals surface area (Å²) in [4.78, 5) is 12.0. The Balaban J connectivity index is 1.96. The zero-order chi connectivity index (χ0) is 18.4. The molecule has 0 saturated carbocycles. The molecular formula is C19H21Cl3N2O. The first-order chi connectivity index (χ1) is 11.9. The molecule has 2 aromatic carbocycles. The minimum absolute atomic E-state index is 0.226. The quantitative estimate of drug-likeness (QED) is 0.641. The van der Waals surface area contributed by atoms with E-state index in [4.69, 9.17) is 40.7 Å². The number of hydrogen-bond acceptors (Lipinski definition) is 2. The third-order valence-corrected chi connectivity index (χ3v) is 5.03. The number of rotatable bonds is 7. The molecule has 0 aliphatic rings. The Bertz CT molecular complexity index is 719. The second-order valence-electron chi connectivity index (χ2n) is 5.89. The van der Waals surface area contributed by atoms with E-state index in [-0.39, 0.29) is 5.91 Å². The van der Waals surface area contributed by atoms with E-state index in [1.165, 1.54) is 4.42 Å². The molecule has 0 radical (unpaired) electrons. The van der Waals surface area contributed by atoms with Crippen molar-refractivity contribution in [2.24, 2.45) is 5.73 Å². The molecule has 0 heterocycles. The Kier molecular flexibility index (Phi) is 7.57. The fourth-order valence-corrected chi connectivity index (χ4v) is 3.00. The molecule has 0 fully saturated rings. The summed E-state index contributed by atoms with van der Waals surface area (Å²) in [6, 6.07) is 13.1. The predicted octanol–water partition coefficient (Wildman–Crippen LogP) is 5.31. The Labute approximate surface area is 163 Å². The molecule has 134 valence electrons. The largest absolute Gasteiger partial charge is 0.320 e. The summed E-state index contributed by atoms with van der Waals surface area (Å²) in [5, 5.41) is 1.07. The lowest BCUT2D eigenvalue weighted by atomic mass is 10.0. The fraction of sp³-hybridized carbons (Fsp3) is 0.316. The van der Waals surface area contributed by atoms with Gasteiger partial charge in [-0.15, -0.1) is 0 Å². The van der Waals surface area contributed by atoms with Gasteiger partial charge in [0.25, 0.3) is 5.91 Å². The topological polar surface area (TPSA) is 46.3 Å². The van der Waals surface area contributed by atoms with Gasteiger partial charge in [0, 0.05) is 18.3 Å². The van der Waals surface area contributed by atoms with Crippen molar-refractivity contribution in [3.05, 3.63) is 58.1 Å². The maximum atomic E-state index is 12.0. The molecular weight excluding hydrogens is 379 g/mol. The first-order valence-electron chi connectivity index (χ1n) is 8.19. The standard InChI is InChI=1S/C19H21Cl3N2O/c1-2-3-18(23)19(25)24(22)11-10-13-4-6-14(7-5-13)15-8-9-16(20)17(21)12-15/h4-9,12,18H,2-3,10-11,23H2,1H3/t18-/m0/s1. The Morgan fingerprint density at radius 2 is 1.72 bits per heavy atom. The van der Waals surface area contributed by atoms with Gasteiger partial charge in [-0.25, -0.2) is 0 Å². The lowest BCUT2D eigenvalue weighted by Crippen LogP contribution is -2.39. The highest BCUT2D eigenvalue weighted by atomic mass is 35.5. The molecule has 0 aliphatic carbocycles. The Morgan fingerprint density at radius 3 is 2.32 bits per heavy atom. The average Bonchev–Trinajstić information content (AvgIpc) is 2.62. The number of amides is 1. The van der Waals surface area contributed by atoms with E-state index in [2.05, 4.69) is 0 Å². The molecule has 1 atom stereocenters. The van der Waals surface area contributed by atoms with Gasteiger partial charge in [-0.2, -0.15) is 0 Å². The van der Waals surface area contributed by atoms with Gasteiger partial charge in [-0.05, 0) is 41.7 Å². The number of nitrogens with zero attached hydrogens (tertiary/aromatic N) is 1. The molecule has 2 N–H and O–H groups in total. The summed E-state index contributed by atoms with van der Waals surface area (Å²) < 4.78 is 1.19. The van der Waals surface area contributed by atoms with Crippen molar-refractivity contribution < 1.29 is 4.79 Å². The molecule has 0 bridgehead atoms. The number of nitrogens with two attached hydrogens (primary N) is 1. The normalized spacial score (nSPS) is 12.0. The van der Waals surface area contributed by atoms with E-state index in [0.717, 1.165) is 23.1 Å². The lowest BCUT2D eigenvalue weighted by Gasteiger charge is -2.18. The van der Waals surface area contributed by atoms with Crippen molar-refractivity contribution in [2.75, 3.05) is 6.54 Å². The van der Waals surface area contributed by atoms with Crippen molar-refractivity contribution in [1.82, 2.24) is 4.42 Å². The van der Waals surface area contributed by atoms with Crippen LogP contribution < -0.4 is 5.73 Å². The number of carbonyl (C=O) groups excluding carboxylic acids is 1. The smallest absolute Gasteiger partial charge is 0.253 e. The molecule has 3 nitrogen and oxygen atoms in total. The first kappa shape index (κ1) is 20.1. The van der Waals surface area contributed by atoms with Crippen molar-refractivity contribution in [2.45, 2.75) is 32.2 Å². The second kappa shape index (κ2) is 9.44. The zero-order valence-corrected chi connectivity index (χ0v) is 16.3. The van der Waals surface area contributed by atoms with E-state index >= 15 is 0 Å². The van der Waals surface area contributed by atoms with Crippen molar-refractivity contribution in [3.63, 3.8) is 0 Å². The average molecular weight is 400 g/mol. The maximum Gasteiger partial charge on any atom is 0.253 e. The molecule has 25 heavy (non-hydrogen) atoms. The van der Waals surface area contributed by atoms with Crippen LogP contribution in [0.15, 0.2) is 42.5 Å². The third-order valence-electron chi connectivity index (χ3n) is 3.96. The molecule has 0 spiro atoms. The van der Waals surface area contributed by atoms with Gasteiger partial charge in [-0.1, -0.05) is 66.9 Å². The van der Waals surface area contributed by atoms with Crippen molar-refractivity contribution >= 4 is 40.9 Å². The first-order valence-corrected chi connectivity index (χ1v) is 9.29. The molecule has 0 aromatic heterocycles. The van der Waals surface area contributed by atoms with Gasteiger partial charge in [-0.3, -0.25) is 9.21 Å². The van der Waals surface area contributed by atoms with Crippen LogP contribution in [0.4, 0.5) is 0 Å². The van der Waals surface area contributed by atoms with Gasteiger partial charge in [0.05, 0.1) is 16.1 Å². The highest BCUT2D eigenvalue weighted by Crippen LogP contribution is 2.28. The fourth-order valence-electron chi connectivity index (χ4n) is 2.49. The predicted molar refractivity (Wildman–Crippen MR) is 106 cm³/mol. The minimum atomic E-state index is -0.528. The summed E-state index contributed by atoms with van der Waals surface area (Å²) in [6.45, 7) is 2.41. The Hall–Kier alpha value is -1.26. The van der Waals surface area contributed by atoms with Crippen LogP contribution in [0.1, 0.15) is 25.3 Å². The van der Waals surface area contributed by atoms with E-state index in [9.17, 15) is 4.79 Å². The van der Waals surface area contributed by atoms with Crippen molar-refractivity contribution in [1.29, 1.82) is 0 Å². The van der Waals surface area contributed by atoms with E-state index in [1.807, 2.05) is 43.3 Å². The Morgan fingerprint density at radius 1 is 1.08 bits per heavy atom. The van der Waals surface area contributed by atoms with Gasteiger partial charge in [0.15, 0.2) is 0 Å². The number of hydrogen-bond donors (Lipinski definition) is 1. The molecule has 6 heteroatoms. The van der Waals surface area contributed by atoms with Crippen LogP contribution in [0.2, 0.25) is 10.0 Å². The lowest BCUT2D eigenvalue weighted by molar-refractivity contribution is -0.128. The van der Waals surface area contributed by atoms with Gasteiger partial charge < -0.3 is 5.73 Å². The molecule has 2 aromatic rings. The van der Waals surface area contributed by atoms with Crippen LogP contribution in [-0.2, 0) is 11.2 Å². The zero-order valence-electron chi connectivity index (χ0n) is 14.0. The van der Waals surface area contributed by atoms with Crippen LogP contribution in [-0.4, -0.2) is 22.9 Å². The summed E-state index contributed by atoms with van der Waals surface area (Å²) >= 11 is 18.1. The van der Waals surface area contributed by atoms with Crippen molar-refractivity contribution in [3.8, 4) is 11.1 Å². The van der Waals surface area contributed by atoms with Crippen LogP contribution in [0.5, 0.6) is 0 Å². The van der Waals surface area contributed by atoms with Crippen LogP contribution in [0, 0.1) is 0 Å². The van der Waals surface area contributed by atoms with E-state index in [0.29, 0.717) is 29.4 Å².